The molecule has 2 rings (SSSR count). The smallest absolute Gasteiger partial charge is 0.164 e. The minimum absolute atomic E-state index is 0.171. The van der Waals surface area contributed by atoms with Crippen molar-refractivity contribution in [2.24, 2.45) is 23.0 Å². The van der Waals surface area contributed by atoms with Gasteiger partial charge in [-0.15, -0.1) is 0 Å². The molecule has 2 aliphatic rings. The third-order valence-electron chi connectivity index (χ3n) is 5.86. The number of nitrogens with two attached hydrogens (primary N) is 1. The third kappa shape index (κ3) is 3.77. The van der Waals surface area contributed by atoms with Crippen molar-refractivity contribution in [1.29, 1.82) is 0 Å². The van der Waals surface area contributed by atoms with Crippen LogP contribution in [0.5, 0.6) is 0 Å². The average Bonchev–Trinajstić information content (AvgIpc) is 2.39. The maximum atomic E-state index is 12.0. The van der Waals surface area contributed by atoms with Gasteiger partial charge in [0.1, 0.15) is 5.37 Å². The lowest BCUT2D eigenvalue weighted by Gasteiger charge is -2.49. The Kier molecular flexibility index (Phi) is 5.34. The Morgan fingerprint density at radius 2 is 2.00 bits per heavy atom. The van der Waals surface area contributed by atoms with Gasteiger partial charge in [-0.25, -0.2) is 8.42 Å². The Hall–Kier alpha value is 0.220. The molecule has 0 radical (unpaired) electrons. The average molecular weight is 335 g/mol. The van der Waals surface area contributed by atoms with Crippen molar-refractivity contribution < 1.29 is 8.42 Å². The van der Waals surface area contributed by atoms with E-state index in [9.17, 15) is 8.42 Å². The van der Waals surface area contributed by atoms with Crippen molar-refractivity contribution in [1.82, 2.24) is 4.90 Å². The molecule has 4 nitrogen and oxygen atoms in total. The molecule has 0 amide bonds. The molecule has 124 valence electrons. The summed E-state index contributed by atoms with van der Waals surface area (Å²) in [6, 6.07) is 0.277. The van der Waals surface area contributed by atoms with Crippen LogP contribution in [0.2, 0.25) is 0 Å². The van der Waals surface area contributed by atoms with Crippen LogP contribution >= 0.6 is 11.8 Å². The van der Waals surface area contributed by atoms with Crippen LogP contribution in [0, 0.1) is 17.3 Å². The molecule has 1 saturated heterocycles. The van der Waals surface area contributed by atoms with Crippen molar-refractivity contribution in [3.8, 4) is 0 Å². The first kappa shape index (κ1) is 17.6. The van der Waals surface area contributed by atoms with Crippen molar-refractivity contribution >= 4 is 21.6 Å². The summed E-state index contributed by atoms with van der Waals surface area (Å²) in [5.41, 5.74) is 6.40. The summed E-state index contributed by atoms with van der Waals surface area (Å²) < 4.78 is 24.1. The highest BCUT2D eigenvalue weighted by Gasteiger charge is 2.43. The molecule has 6 heteroatoms. The Morgan fingerprint density at radius 3 is 2.62 bits per heavy atom. The number of sulfone groups is 1. The van der Waals surface area contributed by atoms with Crippen molar-refractivity contribution in [2.45, 2.75) is 45.0 Å². The van der Waals surface area contributed by atoms with E-state index >= 15 is 0 Å². The maximum Gasteiger partial charge on any atom is 0.164 e. The quantitative estimate of drug-likeness (QED) is 0.853. The summed E-state index contributed by atoms with van der Waals surface area (Å²) in [6.07, 6.45) is 3.54. The van der Waals surface area contributed by atoms with Crippen LogP contribution in [-0.4, -0.2) is 55.6 Å². The summed E-state index contributed by atoms with van der Waals surface area (Å²) in [5, 5.41) is -0.307. The molecule has 0 aromatic heterocycles. The van der Waals surface area contributed by atoms with Gasteiger partial charge in [-0.3, -0.25) is 4.90 Å². The first-order valence-corrected chi connectivity index (χ1v) is 11.0. The van der Waals surface area contributed by atoms with E-state index in [1.165, 1.54) is 6.26 Å². The van der Waals surface area contributed by atoms with Crippen LogP contribution in [0.4, 0.5) is 0 Å². The van der Waals surface area contributed by atoms with Crippen LogP contribution < -0.4 is 5.73 Å². The monoisotopic (exact) mass is 334 g/mol. The van der Waals surface area contributed by atoms with Crippen LogP contribution in [0.1, 0.15) is 33.6 Å². The molecule has 0 aromatic carbocycles. The second-order valence-electron chi connectivity index (χ2n) is 7.40. The molecule has 2 fully saturated rings. The van der Waals surface area contributed by atoms with Crippen molar-refractivity contribution in [3.63, 3.8) is 0 Å². The van der Waals surface area contributed by atoms with E-state index in [4.69, 9.17) is 5.73 Å². The molecule has 1 saturated carbocycles. The van der Waals surface area contributed by atoms with Gasteiger partial charge in [-0.05, 0) is 30.1 Å². The van der Waals surface area contributed by atoms with E-state index < -0.39 is 9.84 Å². The normalized spacial score (nSPS) is 38.3. The fourth-order valence-electron chi connectivity index (χ4n) is 3.77. The lowest BCUT2D eigenvalue weighted by molar-refractivity contribution is 0.0277. The van der Waals surface area contributed by atoms with Gasteiger partial charge in [0.2, 0.25) is 0 Å². The molecule has 1 aliphatic heterocycles. The molecule has 4 unspecified atom stereocenters. The van der Waals surface area contributed by atoms with E-state index in [2.05, 4.69) is 25.7 Å². The van der Waals surface area contributed by atoms with Crippen LogP contribution in [0.3, 0.4) is 0 Å². The standard InChI is InChI=1S/C15H30N2O2S2/c1-11-13(16)6-5-12(15(11,2)3)9-17-7-8-20-10-14(17)21(4,18)19/h11-14H,5-10,16H2,1-4H3. The third-order valence-corrected chi connectivity index (χ3v) is 8.54. The van der Waals surface area contributed by atoms with Gasteiger partial charge in [0.25, 0.3) is 0 Å². The first-order valence-electron chi connectivity index (χ1n) is 7.90. The highest BCUT2D eigenvalue weighted by Crippen LogP contribution is 2.45. The molecule has 2 N–H and O–H groups in total. The van der Waals surface area contributed by atoms with Gasteiger partial charge in [0.15, 0.2) is 9.84 Å². The summed E-state index contributed by atoms with van der Waals surface area (Å²) in [6.45, 7) is 8.62. The molecule has 0 bridgehead atoms. The zero-order valence-electron chi connectivity index (χ0n) is 13.7. The van der Waals surface area contributed by atoms with Gasteiger partial charge in [-0.1, -0.05) is 20.8 Å². The molecule has 1 heterocycles. The SMILES string of the molecule is CC1C(N)CCC(CN2CCSCC2S(C)(=O)=O)C1(C)C. The predicted octanol–water partition coefficient (Wildman–Crippen LogP) is 1.81. The lowest BCUT2D eigenvalue weighted by Crippen LogP contribution is -2.54. The summed E-state index contributed by atoms with van der Waals surface area (Å²) in [4.78, 5) is 2.21. The van der Waals surface area contributed by atoms with Gasteiger partial charge in [0, 0.05) is 36.9 Å². The molecule has 21 heavy (non-hydrogen) atoms. The zero-order valence-corrected chi connectivity index (χ0v) is 15.3. The maximum absolute atomic E-state index is 12.0. The second kappa shape index (κ2) is 6.38. The molecule has 4 atom stereocenters. The Balaban J connectivity index is 2.12. The van der Waals surface area contributed by atoms with E-state index in [-0.39, 0.29) is 16.8 Å². The topological polar surface area (TPSA) is 63.4 Å². The zero-order chi connectivity index (χ0) is 15.8. The Labute approximate surface area is 134 Å². The Bertz CT molecular complexity index is 464. The minimum atomic E-state index is -3.01. The number of nitrogens with zero attached hydrogens (tertiary/aromatic N) is 1. The molecule has 0 spiro atoms. The second-order valence-corrected chi connectivity index (χ2v) is 10.8. The van der Waals surface area contributed by atoms with E-state index in [1.807, 2.05) is 0 Å². The molecule has 1 aliphatic carbocycles. The largest absolute Gasteiger partial charge is 0.327 e. The number of rotatable bonds is 3. The van der Waals surface area contributed by atoms with E-state index in [0.717, 1.165) is 31.7 Å². The van der Waals surface area contributed by atoms with Crippen molar-refractivity contribution in [2.75, 3.05) is 30.9 Å². The van der Waals surface area contributed by atoms with E-state index in [1.54, 1.807) is 11.8 Å². The highest BCUT2D eigenvalue weighted by atomic mass is 32.2. The highest BCUT2D eigenvalue weighted by molar-refractivity contribution is 8.00. The fourth-order valence-corrected chi connectivity index (χ4v) is 6.72. The first-order chi connectivity index (χ1) is 9.64. The number of hydrogen-bond donors (Lipinski definition) is 1. The van der Waals surface area contributed by atoms with Gasteiger partial charge in [-0.2, -0.15) is 11.8 Å². The lowest BCUT2D eigenvalue weighted by atomic mass is 9.61. The summed E-state index contributed by atoms with van der Waals surface area (Å²) >= 11 is 1.76. The number of hydrogen-bond acceptors (Lipinski definition) is 5. The number of thioether (sulfide) groups is 1. The van der Waals surface area contributed by atoms with Crippen LogP contribution in [0.25, 0.3) is 0 Å². The molecular formula is C15H30N2O2S2. The van der Waals surface area contributed by atoms with Crippen molar-refractivity contribution in [3.05, 3.63) is 0 Å². The van der Waals surface area contributed by atoms with E-state index in [0.29, 0.717) is 17.6 Å². The van der Waals surface area contributed by atoms with Gasteiger partial charge in [0.05, 0.1) is 0 Å². The fraction of sp³-hybridized carbons (Fsp3) is 1.00. The predicted molar refractivity (Wildman–Crippen MR) is 91.2 cm³/mol. The van der Waals surface area contributed by atoms with Crippen LogP contribution in [0.15, 0.2) is 0 Å². The minimum Gasteiger partial charge on any atom is -0.327 e. The summed E-state index contributed by atoms with van der Waals surface area (Å²) in [7, 11) is -3.01. The molecular weight excluding hydrogens is 304 g/mol. The van der Waals surface area contributed by atoms with Gasteiger partial charge < -0.3 is 5.73 Å². The summed E-state index contributed by atoms with van der Waals surface area (Å²) in [5.74, 6) is 2.75. The van der Waals surface area contributed by atoms with Crippen LogP contribution in [-0.2, 0) is 9.84 Å². The molecule has 0 aromatic rings. The Morgan fingerprint density at radius 1 is 1.33 bits per heavy atom. The van der Waals surface area contributed by atoms with Gasteiger partial charge >= 0.3 is 0 Å².